The molecule has 100 valence electrons. The highest BCUT2D eigenvalue weighted by molar-refractivity contribution is 4.96. The van der Waals surface area contributed by atoms with Gasteiger partial charge < -0.3 is 5.32 Å². The molecule has 0 spiro atoms. The Hall–Kier alpha value is -1.03. The molecule has 0 radical (unpaired) electrons. The van der Waals surface area contributed by atoms with E-state index >= 15 is 0 Å². The lowest BCUT2D eigenvalue weighted by molar-refractivity contribution is 0.404. The summed E-state index contributed by atoms with van der Waals surface area (Å²) in [5.74, 6) is 1.85. The van der Waals surface area contributed by atoms with Crippen LogP contribution in [0.1, 0.15) is 32.6 Å². The van der Waals surface area contributed by atoms with Crippen molar-refractivity contribution in [1.82, 2.24) is 14.5 Å². The predicted molar refractivity (Wildman–Crippen MR) is 71.6 cm³/mol. The minimum atomic E-state index is 0.119. The lowest BCUT2D eigenvalue weighted by atomic mass is 10.1. The van der Waals surface area contributed by atoms with Gasteiger partial charge in [-0.3, -0.25) is 9.13 Å². The molecule has 0 aromatic carbocycles. The minimum absolute atomic E-state index is 0.119. The fourth-order valence-corrected chi connectivity index (χ4v) is 2.84. The maximum absolute atomic E-state index is 11.9. The average molecular weight is 249 g/mol. The molecule has 2 aliphatic carbocycles. The SMILES string of the molecule is CCn1ccn(CCNC(C2CC2)C2CC2)c1=O. The van der Waals surface area contributed by atoms with Gasteiger partial charge in [-0.1, -0.05) is 0 Å². The number of nitrogens with zero attached hydrogens (tertiary/aromatic N) is 2. The van der Waals surface area contributed by atoms with Crippen molar-refractivity contribution in [1.29, 1.82) is 0 Å². The second kappa shape index (κ2) is 4.92. The van der Waals surface area contributed by atoms with Gasteiger partial charge in [0.05, 0.1) is 0 Å². The second-order valence-electron chi connectivity index (χ2n) is 5.71. The Bertz CT molecular complexity index is 442. The van der Waals surface area contributed by atoms with Gasteiger partial charge in [-0.25, -0.2) is 4.79 Å². The smallest absolute Gasteiger partial charge is 0.312 e. The van der Waals surface area contributed by atoms with Crippen molar-refractivity contribution in [3.05, 3.63) is 22.9 Å². The molecule has 0 amide bonds. The third kappa shape index (κ3) is 2.53. The van der Waals surface area contributed by atoms with E-state index in [1.54, 1.807) is 4.57 Å². The Kier molecular flexibility index (Phi) is 3.29. The fourth-order valence-electron chi connectivity index (χ4n) is 2.84. The van der Waals surface area contributed by atoms with E-state index in [1.807, 2.05) is 23.9 Å². The van der Waals surface area contributed by atoms with Gasteiger partial charge in [-0.05, 0) is 44.4 Å². The minimum Gasteiger partial charge on any atom is -0.312 e. The maximum Gasteiger partial charge on any atom is 0.328 e. The van der Waals surface area contributed by atoms with E-state index in [0.717, 1.165) is 37.5 Å². The largest absolute Gasteiger partial charge is 0.328 e. The van der Waals surface area contributed by atoms with Crippen LogP contribution < -0.4 is 11.0 Å². The van der Waals surface area contributed by atoms with Crippen LogP contribution in [0.2, 0.25) is 0 Å². The molecular weight excluding hydrogens is 226 g/mol. The summed E-state index contributed by atoms with van der Waals surface area (Å²) in [7, 11) is 0. The Morgan fingerprint density at radius 2 is 1.83 bits per heavy atom. The average Bonchev–Trinajstić information content (AvgIpc) is 3.25. The Balaban J connectivity index is 1.51. The van der Waals surface area contributed by atoms with Crippen LogP contribution in [-0.2, 0) is 13.1 Å². The molecule has 2 fully saturated rings. The van der Waals surface area contributed by atoms with E-state index < -0.39 is 0 Å². The van der Waals surface area contributed by atoms with Gasteiger partial charge in [0.2, 0.25) is 0 Å². The molecule has 1 aromatic rings. The topological polar surface area (TPSA) is 39.0 Å². The molecule has 0 atom stereocenters. The molecule has 0 aliphatic heterocycles. The van der Waals surface area contributed by atoms with Crippen LogP contribution in [0.25, 0.3) is 0 Å². The molecule has 0 unspecified atom stereocenters. The normalized spacial score (nSPS) is 19.7. The summed E-state index contributed by atoms with van der Waals surface area (Å²) in [5, 5.41) is 3.68. The first-order valence-electron chi connectivity index (χ1n) is 7.28. The Labute approximate surface area is 108 Å². The van der Waals surface area contributed by atoms with Crippen molar-refractivity contribution in [2.24, 2.45) is 11.8 Å². The molecule has 0 saturated heterocycles. The zero-order chi connectivity index (χ0) is 12.5. The zero-order valence-electron chi connectivity index (χ0n) is 11.1. The van der Waals surface area contributed by atoms with Crippen molar-refractivity contribution in [3.63, 3.8) is 0 Å². The molecule has 18 heavy (non-hydrogen) atoms. The van der Waals surface area contributed by atoms with Gasteiger partial charge in [-0.15, -0.1) is 0 Å². The number of hydrogen-bond donors (Lipinski definition) is 1. The van der Waals surface area contributed by atoms with Gasteiger partial charge in [0.1, 0.15) is 0 Å². The number of nitrogens with one attached hydrogen (secondary N) is 1. The molecule has 2 saturated carbocycles. The highest BCUT2D eigenvalue weighted by atomic mass is 16.1. The van der Waals surface area contributed by atoms with E-state index in [0.29, 0.717) is 0 Å². The van der Waals surface area contributed by atoms with E-state index in [-0.39, 0.29) is 5.69 Å². The lowest BCUT2D eigenvalue weighted by Gasteiger charge is -2.17. The summed E-state index contributed by atoms with van der Waals surface area (Å²) in [6.07, 6.45) is 9.39. The summed E-state index contributed by atoms with van der Waals surface area (Å²) in [5.41, 5.74) is 0.119. The third-order valence-electron chi connectivity index (χ3n) is 4.25. The highest BCUT2D eigenvalue weighted by Gasteiger charge is 2.40. The first-order chi connectivity index (χ1) is 8.79. The van der Waals surface area contributed by atoms with Crippen LogP contribution in [0.4, 0.5) is 0 Å². The Morgan fingerprint density at radius 1 is 1.22 bits per heavy atom. The van der Waals surface area contributed by atoms with E-state index in [9.17, 15) is 4.79 Å². The second-order valence-corrected chi connectivity index (χ2v) is 5.71. The monoisotopic (exact) mass is 249 g/mol. The van der Waals surface area contributed by atoms with E-state index in [1.165, 1.54) is 25.7 Å². The van der Waals surface area contributed by atoms with Crippen molar-refractivity contribution < 1.29 is 0 Å². The number of hydrogen-bond acceptors (Lipinski definition) is 2. The van der Waals surface area contributed by atoms with Crippen LogP contribution >= 0.6 is 0 Å². The summed E-state index contributed by atoms with van der Waals surface area (Å²) < 4.78 is 3.56. The van der Waals surface area contributed by atoms with Gasteiger partial charge in [0, 0.05) is 38.1 Å². The van der Waals surface area contributed by atoms with Crippen LogP contribution in [0, 0.1) is 11.8 Å². The summed E-state index contributed by atoms with van der Waals surface area (Å²) in [6, 6.07) is 0.731. The fraction of sp³-hybridized carbons (Fsp3) is 0.786. The van der Waals surface area contributed by atoms with Crippen LogP contribution in [0.15, 0.2) is 17.2 Å². The van der Waals surface area contributed by atoms with E-state index in [4.69, 9.17) is 0 Å². The van der Waals surface area contributed by atoms with Gasteiger partial charge in [-0.2, -0.15) is 0 Å². The molecule has 4 nitrogen and oxygen atoms in total. The molecular formula is C14H23N3O. The molecule has 2 aliphatic rings. The summed E-state index contributed by atoms with van der Waals surface area (Å²) in [6.45, 7) is 4.47. The zero-order valence-corrected chi connectivity index (χ0v) is 11.1. The molecule has 1 heterocycles. The maximum atomic E-state index is 11.9. The van der Waals surface area contributed by atoms with Gasteiger partial charge in [0.15, 0.2) is 0 Å². The van der Waals surface area contributed by atoms with Gasteiger partial charge in [0.25, 0.3) is 0 Å². The number of aryl methyl sites for hydroxylation is 1. The third-order valence-corrected chi connectivity index (χ3v) is 4.25. The van der Waals surface area contributed by atoms with E-state index in [2.05, 4.69) is 5.32 Å². The van der Waals surface area contributed by atoms with Crippen LogP contribution in [0.3, 0.4) is 0 Å². The van der Waals surface area contributed by atoms with Crippen molar-refractivity contribution >= 4 is 0 Å². The highest BCUT2D eigenvalue weighted by Crippen LogP contribution is 2.44. The van der Waals surface area contributed by atoms with Crippen LogP contribution in [-0.4, -0.2) is 21.7 Å². The molecule has 1 aromatic heterocycles. The van der Waals surface area contributed by atoms with Crippen LogP contribution in [0.5, 0.6) is 0 Å². The number of rotatable bonds is 7. The summed E-state index contributed by atoms with van der Waals surface area (Å²) in [4.78, 5) is 11.9. The molecule has 1 N–H and O–H groups in total. The van der Waals surface area contributed by atoms with Crippen molar-refractivity contribution in [2.75, 3.05) is 6.54 Å². The molecule has 3 rings (SSSR count). The predicted octanol–water partition coefficient (Wildman–Crippen LogP) is 1.45. The number of aromatic nitrogens is 2. The first-order valence-corrected chi connectivity index (χ1v) is 7.28. The van der Waals surface area contributed by atoms with Crippen molar-refractivity contribution in [2.45, 2.75) is 51.7 Å². The molecule has 0 bridgehead atoms. The molecule has 4 heteroatoms. The van der Waals surface area contributed by atoms with Gasteiger partial charge >= 0.3 is 5.69 Å². The first kappa shape index (κ1) is 12.0. The lowest BCUT2D eigenvalue weighted by Crippen LogP contribution is -2.37. The number of imidazole rings is 1. The quantitative estimate of drug-likeness (QED) is 0.794. The van der Waals surface area contributed by atoms with Crippen molar-refractivity contribution in [3.8, 4) is 0 Å². The summed E-state index contributed by atoms with van der Waals surface area (Å²) >= 11 is 0. The Morgan fingerprint density at radius 3 is 2.33 bits per heavy atom. The standard InChI is InChI=1S/C14H23N3O/c1-2-16-9-10-17(14(16)18)8-7-15-13(11-3-4-11)12-5-6-12/h9-13,15H,2-8H2,1H3.